The molecule has 4 aliphatic rings. The van der Waals surface area contributed by atoms with Gasteiger partial charge in [0.25, 0.3) is 0 Å². The molecule has 0 aliphatic heterocycles. The van der Waals surface area contributed by atoms with Gasteiger partial charge >= 0.3 is 0 Å². The third kappa shape index (κ3) is 1.91. The molecule has 4 aliphatic carbocycles. The molecule has 4 saturated carbocycles. The van der Waals surface area contributed by atoms with Crippen LogP contribution in [0.25, 0.3) is 0 Å². The van der Waals surface area contributed by atoms with Crippen LogP contribution >= 0.6 is 24.4 Å². The lowest BCUT2D eigenvalue weighted by molar-refractivity contribution is 0.830. The van der Waals surface area contributed by atoms with Crippen LogP contribution < -0.4 is 0 Å². The summed E-state index contributed by atoms with van der Waals surface area (Å²) < 4.78 is 0. The molecule has 0 bridgehead atoms. The fraction of sp³-hybridized carbons (Fsp3) is 0.833. The average molecular weight is 250 g/mol. The number of aliphatic imine (C=N–C) groups is 2. The van der Waals surface area contributed by atoms with Crippen molar-refractivity contribution in [3.8, 4) is 0 Å². The number of hydrogen-bond acceptors (Lipinski definition) is 4. The summed E-state index contributed by atoms with van der Waals surface area (Å²) in [7, 11) is 0. The summed E-state index contributed by atoms with van der Waals surface area (Å²) in [4.78, 5) is 8.03. The molecule has 0 amide bonds. The van der Waals surface area contributed by atoms with E-state index >= 15 is 0 Å². The standard InChI is InChI=1S/2C6H7NS/c2*8-4-7-5-3-6(5)1-2-6/h2*5H,1-3H2. The largest absolute Gasteiger partial charge is 0.229 e. The van der Waals surface area contributed by atoms with Crippen LogP contribution in [0.2, 0.25) is 0 Å². The highest BCUT2D eigenvalue weighted by Gasteiger charge is 2.63. The lowest BCUT2D eigenvalue weighted by Gasteiger charge is -1.75. The third-order valence-corrected chi connectivity index (χ3v) is 4.71. The zero-order valence-corrected chi connectivity index (χ0v) is 10.7. The van der Waals surface area contributed by atoms with Gasteiger partial charge in [-0.15, -0.1) is 0 Å². The van der Waals surface area contributed by atoms with Crippen LogP contribution in [0.5, 0.6) is 0 Å². The Balaban J connectivity index is 0.000000101. The van der Waals surface area contributed by atoms with E-state index in [-0.39, 0.29) is 0 Å². The zero-order chi connectivity index (χ0) is 11.2. The minimum absolute atomic E-state index is 0.583. The minimum atomic E-state index is 0.583. The summed E-state index contributed by atoms with van der Waals surface area (Å²) in [5.74, 6) is 0. The van der Waals surface area contributed by atoms with Gasteiger partial charge in [0, 0.05) is 0 Å². The second-order valence-electron chi connectivity index (χ2n) is 5.61. The third-order valence-electron chi connectivity index (χ3n) is 4.49. The van der Waals surface area contributed by atoms with Gasteiger partial charge in [-0.2, -0.15) is 0 Å². The average Bonchev–Trinajstić information content (AvgIpc) is 3.08. The van der Waals surface area contributed by atoms with Crippen molar-refractivity contribution in [1.82, 2.24) is 0 Å². The van der Waals surface area contributed by atoms with Gasteiger partial charge < -0.3 is 0 Å². The maximum absolute atomic E-state index is 4.48. The summed E-state index contributed by atoms with van der Waals surface area (Å²) in [5, 5.41) is 4.87. The number of hydrogen-bond donors (Lipinski definition) is 0. The zero-order valence-electron chi connectivity index (χ0n) is 9.11. The van der Waals surface area contributed by atoms with E-state index in [4.69, 9.17) is 0 Å². The Hall–Kier alpha value is -0.400. The smallest absolute Gasteiger partial charge is 0.0665 e. The lowest BCUT2D eigenvalue weighted by atomic mass is 10.4. The van der Waals surface area contributed by atoms with Crippen LogP contribution in [0.4, 0.5) is 0 Å². The molecule has 0 radical (unpaired) electrons. The van der Waals surface area contributed by atoms with E-state index < -0.39 is 0 Å². The Morgan fingerprint density at radius 1 is 0.812 bits per heavy atom. The van der Waals surface area contributed by atoms with Gasteiger partial charge in [-0.25, -0.2) is 9.98 Å². The second-order valence-corrected chi connectivity index (χ2v) is 5.97. The molecular formula is C12H14N2S2. The predicted octanol–water partition coefficient (Wildman–Crippen LogP) is 3.28. The molecule has 0 heterocycles. The van der Waals surface area contributed by atoms with Gasteiger partial charge in [0.15, 0.2) is 0 Å². The Morgan fingerprint density at radius 2 is 1.19 bits per heavy atom. The second kappa shape index (κ2) is 3.54. The molecule has 4 fully saturated rings. The molecule has 0 aromatic carbocycles. The molecule has 0 aromatic heterocycles. The molecule has 0 saturated heterocycles. The van der Waals surface area contributed by atoms with Crippen molar-refractivity contribution in [2.24, 2.45) is 20.8 Å². The maximum Gasteiger partial charge on any atom is 0.0665 e. The SMILES string of the molecule is S=C=NC1CC12CC2.S=C=NC1CC12CC2. The van der Waals surface area contributed by atoms with Crippen molar-refractivity contribution in [3.63, 3.8) is 0 Å². The van der Waals surface area contributed by atoms with Crippen LogP contribution in [0.1, 0.15) is 38.5 Å². The first kappa shape index (κ1) is 10.7. The Kier molecular flexibility index (Phi) is 2.38. The van der Waals surface area contributed by atoms with E-state index in [2.05, 4.69) is 44.7 Å². The lowest BCUT2D eigenvalue weighted by Crippen LogP contribution is -1.77. The van der Waals surface area contributed by atoms with Crippen molar-refractivity contribution in [2.45, 2.75) is 50.6 Å². The number of isothiocyanates is 2. The highest BCUT2D eigenvalue weighted by molar-refractivity contribution is 7.78. The molecule has 2 nitrogen and oxygen atoms in total. The topological polar surface area (TPSA) is 24.7 Å². The molecule has 0 N–H and O–H groups in total. The molecule has 84 valence electrons. The molecule has 0 aromatic rings. The summed E-state index contributed by atoms with van der Waals surface area (Å²) in [6, 6.07) is 1.17. The van der Waals surface area contributed by atoms with Crippen molar-refractivity contribution < 1.29 is 0 Å². The molecule has 16 heavy (non-hydrogen) atoms. The van der Waals surface area contributed by atoms with Crippen molar-refractivity contribution in [3.05, 3.63) is 0 Å². The molecule has 2 spiro atoms. The summed E-state index contributed by atoms with van der Waals surface area (Å²) >= 11 is 8.96. The van der Waals surface area contributed by atoms with Crippen LogP contribution in [-0.2, 0) is 0 Å². The minimum Gasteiger partial charge on any atom is -0.229 e. The first-order chi connectivity index (χ1) is 7.75. The first-order valence-corrected chi connectivity index (χ1v) is 6.70. The molecule has 4 heteroatoms. The molecule has 2 unspecified atom stereocenters. The van der Waals surface area contributed by atoms with Gasteiger partial charge in [-0.3, -0.25) is 0 Å². The number of nitrogens with zero attached hydrogens (tertiary/aromatic N) is 2. The fourth-order valence-electron chi connectivity index (χ4n) is 2.54. The summed E-state index contributed by atoms with van der Waals surface area (Å²) in [6.45, 7) is 0. The van der Waals surface area contributed by atoms with Crippen LogP contribution in [0.15, 0.2) is 9.98 Å². The summed E-state index contributed by atoms with van der Waals surface area (Å²) in [5.41, 5.74) is 1.34. The molecule has 2 atom stereocenters. The van der Waals surface area contributed by atoms with Gasteiger partial charge in [0.1, 0.15) is 0 Å². The Bertz CT molecular complexity index is 371. The van der Waals surface area contributed by atoms with Gasteiger partial charge in [-0.1, -0.05) is 0 Å². The van der Waals surface area contributed by atoms with Crippen LogP contribution in [0.3, 0.4) is 0 Å². The molecule has 4 rings (SSSR count). The van der Waals surface area contributed by atoms with Gasteiger partial charge in [-0.05, 0) is 73.8 Å². The van der Waals surface area contributed by atoms with E-state index in [1.165, 1.54) is 38.5 Å². The van der Waals surface area contributed by atoms with Gasteiger partial charge in [0.05, 0.1) is 22.4 Å². The molecular weight excluding hydrogens is 236 g/mol. The number of thiocarbonyl (C=S) groups is 2. The highest BCUT2D eigenvalue weighted by Crippen LogP contribution is 2.67. The quantitative estimate of drug-likeness (QED) is 0.555. The Morgan fingerprint density at radius 3 is 1.38 bits per heavy atom. The van der Waals surface area contributed by atoms with E-state index in [0.717, 1.165) is 0 Å². The monoisotopic (exact) mass is 250 g/mol. The van der Waals surface area contributed by atoms with E-state index in [1.54, 1.807) is 0 Å². The van der Waals surface area contributed by atoms with Crippen molar-refractivity contribution >= 4 is 34.8 Å². The first-order valence-electron chi connectivity index (χ1n) is 5.89. The van der Waals surface area contributed by atoms with E-state index in [1.807, 2.05) is 0 Å². The maximum atomic E-state index is 4.48. The van der Waals surface area contributed by atoms with Crippen molar-refractivity contribution in [2.75, 3.05) is 0 Å². The number of rotatable bonds is 2. The van der Waals surface area contributed by atoms with Crippen LogP contribution in [0, 0.1) is 10.8 Å². The van der Waals surface area contributed by atoms with Gasteiger partial charge in [0.2, 0.25) is 0 Å². The van der Waals surface area contributed by atoms with E-state index in [9.17, 15) is 0 Å². The van der Waals surface area contributed by atoms with E-state index in [0.29, 0.717) is 22.9 Å². The van der Waals surface area contributed by atoms with Crippen molar-refractivity contribution in [1.29, 1.82) is 0 Å². The summed E-state index contributed by atoms with van der Waals surface area (Å²) in [6.07, 6.45) is 8.12. The Labute approximate surface area is 106 Å². The fourth-order valence-corrected chi connectivity index (χ4v) is 2.79. The predicted molar refractivity (Wildman–Crippen MR) is 70.2 cm³/mol. The van der Waals surface area contributed by atoms with Crippen LogP contribution in [-0.4, -0.2) is 22.4 Å². The normalized spacial score (nSPS) is 36.2. The highest BCUT2D eigenvalue weighted by atomic mass is 32.1.